The molecule has 122 valence electrons. The minimum absolute atomic E-state index is 0.0566. The van der Waals surface area contributed by atoms with Crippen LogP contribution in [0.5, 0.6) is 0 Å². The van der Waals surface area contributed by atoms with E-state index in [1.54, 1.807) is 0 Å². The first kappa shape index (κ1) is 17.3. The Balaban J connectivity index is 2.60. The van der Waals surface area contributed by atoms with Crippen LogP contribution in [0.2, 0.25) is 0 Å². The number of benzene rings is 2. The summed E-state index contributed by atoms with van der Waals surface area (Å²) in [6.45, 7) is 0. The summed E-state index contributed by atoms with van der Waals surface area (Å²) in [6.07, 6.45) is -9.48. The largest absolute Gasteiger partial charge is 0.417 e. The smallest absolute Gasteiger partial charge is 0.276 e. The summed E-state index contributed by atoms with van der Waals surface area (Å²) < 4.78 is 77.0. The third-order valence-electron chi connectivity index (χ3n) is 3.06. The van der Waals surface area contributed by atoms with Gasteiger partial charge in [-0.1, -0.05) is 18.2 Å². The van der Waals surface area contributed by atoms with Crippen molar-refractivity contribution in [1.29, 1.82) is 0 Å². The zero-order valence-corrected chi connectivity index (χ0v) is 11.9. The van der Waals surface area contributed by atoms with Gasteiger partial charge in [-0.25, -0.2) is 0 Å². The highest BCUT2D eigenvalue weighted by Gasteiger charge is 2.35. The highest BCUT2D eigenvalue weighted by molar-refractivity contribution is 6.67. The molecule has 0 radical (unpaired) electrons. The summed E-state index contributed by atoms with van der Waals surface area (Å²) in [5, 5.41) is -1.30. The molecule has 23 heavy (non-hydrogen) atoms. The molecule has 2 aromatic carbocycles. The number of carbonyl (C=O) groups excluding carboxylic acids is 1. The molecular formula is C15H7ClF6O. The number of hydrogen-bond acceptors (Lipinski definition) is 1. The molecule has 0 aromatic heterocycles. The highest BCUT2D eigenvalue weighted by Crippen LogP contribution is 2.37. The van der Waals surface area contributed by atoms with Crippen molar-refractivity contribution in [2.75, 3.05) is 0 Å². The van der Waals surface area contributed by atoms with Gasteiger partial charge in [0.2, 0.25) is 0 Å². The molecule has 0 amide bonds. The fourth-order valence-electron chi connectivity index (χ4n) is 2.00. The lowest BCUT2D eigenvalue weighted by molar-refractivity contribution is -0.138. The summed E-state index contributed by atoms with van der Waals surface area (Å²) >= 11 is 5.11. The summed E-state index contributed by atoms with van der Waals surface area (Å²) in [5.74, 6) is 0. The van der Waals surface area contributed by atoms with Crippen LogP contribution in [0.4, 0.5) is 26.3 Å². The molecule has 0 unspecified atom stereocenters. The Hall–Kier alpha value is -2.02. The topological polar surface area (TPSA) is 17.1 Å². The summed E-state index contributed by atoms with van der Waals surface area (Å²) in [5.41, 5.74) is -3.20. The minimum atomic E-state index is -4.86. The van der Waals surface area contributed by atoms with Crippen molar-refractivity contribution in [3.05, 3.63) is 59.2 Å². The van der Waals surface area contributed by atoms with E-state index in [2.05, 4.69) is 0 Å². The predicted octanol–water partition coefficient (Wildman–Crippen LogP) is 5.77. The van der Waals surface area contributed by atoms with E-state index in [4.69, 9.17) is 11.6 Å². The molecule has 8 heteroatoms. The molecule has 0 spiro atoms. The Bertz CT molecular complexity index is 748. The fraction of sp³-hybridized carbons (Fsp3) is 0.133. The molecule has 0 aliphatic carbocycles. The van der Waals surface area contributed by atoms with Gasteiger partial charge in [-0.05, 0) is 47.0 Å². The second-order valence-electron chi connectivity index (χ2n) is 4.61. The van der Waals surface area contributed by atoms with E-state index in [1.165, 1.54) is 6.07 Å². The van der Waals surface area contributed by atoms with Crippen molar-refractivity contribution in [3.8, 4) is 11.1 Å². The van der Waals surface area contributed by atoms with E-state index in [1.807, 2.05) is 0 Å². The quantitative estimate of drug-likeness (QED) is 0.495. The van der Waals surface area contributed by atoms with Crippen LogP contribution in [0, 0.1) is 0 Å². The van der Waals surface area contributed by atoms with Crippen LogP contribution in [0.25, 0.3) is 11.1 Å². The molecule has 0 heterocycles. The maximum Gasteiger partial charge on any atom is 0.417 e. The Morgan fingerprint density at radius 1 is 0.826 bits per heavy atom. The molecule has 1 nitrogen and oxygen atoms in total. The Morgan fingerprint density at radius 3 is 1.96 bits per heavy atom. The number of carbonyl (C=O) groups is 1. The van der Waals surface area contributed by atoms with Crippen molar-refractivity contribution >= 4 is 16.8 Å². The Morgan fingerprint density at radius 2 is 1.43 bits per heavy atom. The molecule has 2 rings (SSSR count). The van der Waals surface area contributed by atoms with Crippen LogP contribution in [-0.2, 0) is 12.4 Å². The van der Waals surface area contributed by atoms with E-state index in [0.29, 0.717) is 6.07 Å². The van der Waals surface area contributed by atoms with Crippen molar-refractivity contribution in [2.45, 2.75) is 12.4 Å². The monoisotopic (exact) mass is 352 g/mol. The van der Waals surface area contributed by atoms with Gasteiger partial charge in [-0.15, -0.1) is 0 Å². The summed E-state index contributed by atoms with van der Waals surface area (Å²) in [7, 11) is 0. The van der Waals surface area contributed by atoms with E-state index in [-0.39, 0.29) is 11.1 Å². The third-order valence-corrected chi connectivity index (χ3v) is 3.26. The average Bonchev–Trinajstić information content (AvgIpc) is 2.45. The van der Waals surface area contributed by atoms with Crippen LogP contribution >= 0.6 is 11.6 Å². The first-order chi connectivity index (χ1) is 10.5. The molecule has 0 N–H and O–H groups in total. The molecular weight excluding hydrogens is 346 g/mol. The van der Waals surface area contributed by atoms with Crippen LogP contribution < -0.4 is 0 Å². The molecule has 2 aromatic rings. The molecule has 0 aliphatic heterocycles. The van der Waals surface area contributed by atoms with Crippen LogP contribution in [0.3, 0.4) is 0 Å². The maximum atomic E-state index is 13.0. The first-order valence-electron chi connectivity index (χ1n) is 6.09. The van der Waals surface area contributed by atoms with E-state index >= 15 is 0 Å². The molecule has 0 fully saturated rings. The minimum Gasteiger partial charge on any atom is -0.276 e. The second-order valence-corrected chi connectivity index (χ2v) is 4.95. The van der Waals surface area contributed by atoms with Gasteiger partial charge < -0.3 is 0 Å². The van der Waals surface area contributed by atoms with Crippen LogP contribution in [-0.4, -0.2) is 5.24 Å². The number of hydrogen-bond donors (Lipinski definition) is 0. The predicted molar refractivity (Wildman–Crippen MR) is 72.1 cm³/mol. The van der Waals surface area contributed by atoms with Gasteiger partial charge in [0.25, 0.3) is 5.24 Å². The van der Waals surface area contributed by atoms with Gasteiger partial charge >= 0.3 is 12.4 Å². The fourth-order valence-corrected chi connectivity index (χ4v) is 2.17. The number of rotatable bonds is 2. The van der Waals surface area contributed by atoms with Crippen LogP contribution in [0.1, 0.15) is 21.5 Å². The van der Waals surface area contributed by atoms with Crippen molar-refractivity contribution < 1.29 is 31.1 Å². The van der Waals surface area contributed by atoms with Gasteiger partial charge in [-0.2, -0.15) is 26.3 Å². The number of halogens is 7. The first-order valence-corrected chi connectivity index (χ1v) is 6.46. The standard InChI is InChI=1S/C15H7ClF6O/c16-13(23)11-5-4-9(7-12(11)15(20,21)22)8-2-1-3-10(6-8)14(17,18)19/h1-7H. The average molecular weight is 353 g/mol. The molecule has 0 saturated heterocycles. The maximum absolute atomic E-state index is 13.0. The van der Waals surface area contributed by atoms with E-state index in [9.17, 15) is 31.1 Å². The highest BCUT2D eigenvalue weighted by atomic mass is 35.5. The lowest BCUT2D eigenvalue weighted by Gasteiger charge is -2.13. The van der Waals surface area contributed by atoms with E-state index < -0.39 is 34.3 Å². The lowest BCUT2D eigenvalue weighted by Crippen LogP contribution is -2.11. The van der Waals surface area contributed by atoms with Gasteiger partial charge in [0, 0.05) is 5.56 Å². The zero-order valence-electron chi connectivity index (χ0n) is 11.1. The lowest BCUT2D eigenvalue weighted by atomic mass is 9.98. The zero-order chi connectivity index (χ0) is 17.4. The van der Waals surface area contributed by atoms with Gasteiger partial charge in [0.1, 0.15) is 0 Å². The molecule has 0 bridgehead atoms. The molecule has 0 atom stereocenters. The van der Waals surface area contributed by atoms with Crippen molar-refractivity contribution in [1.82, 2.24) is 0 Å². The van der Waals surface area contributed by atoms with Gasteiger partial charge in [0.05, 0.1) is 11.1 Å². The Labute approximate surface area is 131 Å². The third kappa shape index (κ3) is 3.85. The van der Waals surface area contributed by atoms with Gasteiger partial charge in [0.15, 0.2) is 0 Å². The summed E-state index contributed by atoms with van der Waals surface area (Å²) in [6, 6.07) is 6.43. The van der Waals surface area contributed by atoms with Gasteiger partial charge in [-0.3, -0.25) is 4.79 Å². The van der Waals surface area contributed by atoms with Crippen molar-refractivity contribution in [3.63, 3.8) is 0 Å². The molecule has 0 aliphatic rings. The second kappa shape index (κ2) is 5.88. The summed E-state index contributed by atoms with van der Waals surface area (Å²) in [4.78, 5) is 11.1. The van der Waals surface area contributed by atoms with Crippen molar-refractivity contribution in [2.24, 2.45) is 0 Å². The Kier molecular flexibility index (Phi) is 4.43. The number of alkyl halides is 6. The molecule has 0 saturated carbocycles. The normalized spacial score (nSPS) is 12.3. The van der Waals surface area contributed by atoms with Crippen LogP contribution in [0.15, 0.2) is 42.5 Å². The SMILES string of the molecule is O=C(Cl)c1ccc(-c2cccc(C(F)(F)F)c2)cc1C(F)(F)F. The van der Waals surface area contributed by atoms with E-state index in [0.717, 1.165) is 30.3 Å².